The molecule has 1 aromatic heterocycles. The third-order valence-corrected chi connectivity index (χ3v) is 4.68. The van der Waals surface area contributed by atoms with Crippen LogP contribution in [-0.2, 0) is 4.79 Å². The van der Waals surface area contributed by atoms with E-state index in [-0.39, 0.29) is 5.91 Å². The molecule has 8 heteroatoms. The highest BCUT2D eigenvalue weighted by atomic mass is 35.5. The smallest absolute Gasteiger partial charge is 0.230 e. The van der Waals surface area contributed by atoms with Gasteiger partial charge in [-0.25, -0.2) is 4.98 Å². The standard InChI is InChI=1S/C19H17ClN4O2S/c1-13(25)24(17-7-9-18(26-2)10-8-17)19-22-16(12-27-19)11-21-23-15-5-3-14(20)4-6-15/h3-12,23H,1-2H3/b21-11-. The summed E-state index contributed by atoms with van der Waals surface area (Å²) in [6.07, 6.45) is 1.60. The van der Waals surface area contributed by atoms with E-state index in [0.29, 0.717) is 15.8 Å². The molecule has 0 unspecified atom stereocenters. The Morgan fingerprint density at radius 1 is 1.22 bits per heavy atom. The molecule has 0 spiro atoms. The Balaban J connectivity index is 1.74. The van der Waals surface area contributed by atoms with Crippen molar-refractivity contribution in [1.29, 1.82) is 0 Å². The normalized spacial score (nSPS) is 10.8. The minimum Gasteiger partial charge on any atom is -0.497 e. The lowest BCUT2D eigenvalue weighted by Gasteiger charge is -2.18. The molecule has 138 valence electrons. The zero-order valence-corrected chi connectivity index (χ0v) is 16.3. The van der Waals surface area contributed by atoms with Crippen molar-refractivity contribution >= 4 is 51.6 Å². The van der Waals surface area contributed by atoms with E-state index in [4.69, 9.17) is 16.3 Å². The fourth-order valence-corrected chi connectivity index (χ4v) is 3.26. The molecular formula is C19H17ClN4O2S. The SMILES string of the molecule is COc1ccc(N(C(C)=O)c2nc(/C=N\Nc3ccc(Cl)cc3)cs2)cc1. The van der Waals surface area contributed by atoms with Crippen LogP contribution in [0.15, 0.2) is 59.0 Å². The van der Waals surface area contributed by atoms with Gasteiger partial charge in [0, 0.05) is 17.3 Å². The van der Waals surface area contributed by atoms with Gasteiger partial charge in [0.15, 0.2) is 5.13 Å². The lowest BCUT2D eigenvalue weighted by molar-refractivity contribution is -0.115. The van der Waals surface area contributed by atoms with Crippen LogP contribution in [0.25, 0.3) is 0 Å². The number of ether oxygens (including phenoxy) is 1. The van der Waals surface area contributed by atoms with E-state index in [1.165, 1.54) is 18.3 Å². The van der Waals surface area contributed by atoms with Gasteiger partial charge in [0.2, 0.25) is 5.91 Å². The molecule has 3 rings (SSSR count). The second kappa shape index (κ2) is 8.66. The highest BCUT2D eigenvalue weighted by Gasteiger charge is 2.17. The lowest BCUT2D eigenvalue weighted by Crippen LogP contribution is -2.22. The number of rotatable bonds is 6. The third kappa shape index (κ3) is 4.84. The van der Waals surface area contributed by atoms with Crippen LogP contribution in [0.1, 0.15) is 12.6 Å². The first kappa shape index (κ1) is 18.9. The van der Waals surface area contributed by atoms with E-state index in [0.717, 1.165) is 17.1 Å². The van der Waals surface area contributed by atoms with Crippen molar-refractivity contribution in [3.8, 4) is 5.75 Å². The molecule has 0 aliphatic rings. The Morgan fingerprint density at radius 3 is 2.56 bits per heavy atom. The number of halogens is 1. The van der Waals surface area contributed by atoms with Gasteiger partial charge in [0.25, 0.3) is 0 Å². The van der Waals surface area contributed by atoms with E-state index in [1.54, 1.807) is 42.5 Å². The first-order valence-electron chi connectivity index (χ1n) is 8.02. The van der Waals surface area contributed by atoms with Gasteiger partial charge in [-0.15, -0.1) is 11.3 Å². The van der Waals surface area contributed by atoms with Crippen molar-refractivity contribution in [3.05, 3.63) is 64.6 Å². The molecule has 0 aliphatic carbocycles. The number of hydrogen-bond acceptors (Lipinski definition) is 6. The molecule has 1 N–H and O–H groups in total. The highest BCUT2D eigenvalue weighted by Crippen LogP contribution is 2.29. The molecule has 0 radical (unpaired) electrons. The fourth-order valence-electron chi connectivity index (χ4n) is 2.29. The zero-order valence-electron chi connectivity index (χ0n) is 14.7. The number of thiazole rings is 1. The summed E-state index contributed by atoms with van der Waals surface area (Å²) < 4.78 is 5.16. The van der Waals surface area contributed by atoms with Crippen LogP contribution in [0.2, 0.25) is 5.02 Å². The van der Waals surface area contributed by atoms with Crippen molar-refractivity contribution in [2.75, 3.05) is 17.4 Å². The molecular weight excluding hydrogens is 384 g/mol. The summed E-state index contributed by atoms with van der Waals surface area (Å²) in [7, 11) is 1.60. The maximum Gasteiger partial charge on any atom is 0.230 e. The molecule has 1 amide bonds. The number of methoxy groups -OCH3 is 1. The van der Waals surface area contributed by atoms with Gasteiger partial charge in [-0.2, -0.15) is 5.10 Å². The van der Waals surface area contributed by atoms with Gasteiger partial charge in [-0.3, -0.25) is 15.1 Å². The van der Waals surface area contributed by atoms with Crippen molar-refractivity contribution in [3.63, 3.8) is 0 Å². The van der Waals surface area contributed by atoms with Gasteiger partial charge in [0.1, 0.15) is 5.75 Å². The molecule has 27 heavy (non-hydrogen) atoms. The molecule has 0 fully saturated rings. The quantitative estimate of drug-likeness (QED) is 0.470. The number of benzene rings is 2. The second-order valence-corrected chi connectivity index (χ2v) is 6.76. The number of nitrogens with one attached hydrogen (secondary N) is 1. The van der Waals surface area contributed by atoms with Crippen molar-refractivity contribution < 1.29 is 9.53 Å². The number of anilines is 3. The number of carbonyl (C=O) groups excluding carboxylic acids is 1. The van der Waals surface area contributed by atoms with E-state index in [1.807, 2.05) is 29.6 Å². The predicted octanol–water partition coefficient (Wildman–Crippen LogP) is 4.94. The summed E-state index contributed by atoms with van der Waals surface area (Å²) in [5, 5.41) is 7.23. The minimum atomic E-state index is -0.128. The van der Waals surface area contributed by atoms with E-state index < -0.39 is 0 Å². The van der Waals surface area contributed by atoms with E-state index in [2.05, 4.69) is 15.5 Å². The van der Waals surface area contributed by atoms with Crippen LogP contribution in [0.3, 0.4) is 0 Å². The molecule has 3 aromatic rings. The third-order valence-electron chi connectivity index (χ3n) is 3.58. The number of hydrazone groups is 1. The molecule has 0 saturated heterocycles. The molecule has 0 bridgehead atoms. The summed E-state index contributed by atoms with van der Waals surface area (Å²) in [5.74, 6) is 0.597. The Labute approximate surface area is 166 Å². The van der Waals surface area contributed by atoms with Gasteiger partial charge in [0.05, 0.1) is 30.4 Å². The Bertz CT molecular complexity index is 939. The number of nitrogens with zero attached hydrogens (tertiary/aromatic N) is 3. The van der Waals surface area contributed by atoms with Crippen LogP contribution in [-0.4, -0.2) is 24.2 Å². The van der Waals surface area contributed by atoms with Crippen molar-refractivity contribution in [2.24, 2.45) is 5.10 Å². The van der Waals surface area contributed by atoms with Crippen LogP contribution in [0.4, 0.5) is 16.5 Å². The number of hydrogen-bond donors (Lipinski definition) is 1. The van der Waals surface area contributed by atoms with Crippen LogP contribution in [0, 0.1) is 0 Å². The predicted molar refractivity (Wildman–Crippen MR) is 111 cm³/mol. The lowest BCUT2D eigenvalue weighted by atomic mass is 10.3. The van der Waals surface area contributed by atoms with Crippen LogP contribution >= 0.6 is 22.9 Å². The number of amides is 1. The van der Waals surface area contributed by atoms with Crippen molar-refractivity contribution in [1.82, 2.24) is 4.98 Å². The summed E-state index contributed by atoms with van der Waals surface area (Å²) in [6, 6.07) is 14.4. The van der Waals surface area contributed by atoms with Gasteiger partial charge in [-0.05, 0) is 48.5 Å². The highest BCUT2D eigenvalue weighted by molar-refractivity contribution is 7.14. The summed E-state index contributed by atoms with van der Waals surface area (Å²) in [6.45, 7) is 1.50. The molecule has 0 atom stereocenters. The van der Waals surface area contributed by atoms with E-state index in [9.17, 15) is 4.79 Å². The molecule has 6 nitrogen and oxygen atoms in total. The molecule has 0 saturated carbocycles. The maximum absolute atomic E-state index is 12.1. The average Bonchev–Trinajstić information content (AvgIpc) is 3.12. The second-order valence-electron chi connectivity index (χ2n) is 5.48. The monoisotopic (exact) mass is 400 g/mol. The molecule has 0 aliphatic heterocycles. The zero-order chi connectivity index (χ0) is 19.2. The Hall–Kier alpha value is -2.90. The first-order chi connectivity index (χ1) is 13.1. The first-order valence-corrected chi connectivity index (χ1v) is 9.27. The van der Waals surface area contributed by atoms with Crippen LogP contribution in [0.5, 0.6) is 5.75 Å². The van der Waals surface area contributed by atoms with Gasteiger partial charge < -0.3 is 4.74 Å². The fraction of sp³-hybridized carbons (Fsp3) is 0.105. The minimum absolute atomic E-state index is 0.128. The Kier molecular flexibility index (Phi) is 6.05. The maximum atomic E-state index is 12.1. The van der Waals surface area contributed by atoms with Crippen LogP contribution < -0.4 is 15.1 Å². The summed E-state index contributed by atoms with van der Waals surface area (Å²) in [5.41, 5.74) is 5.09. The van der Waals surface area contributed by atoms with E-state index >= 15 is 0 Å². The van der Waals surface area contributed by atoms with Crippen molar-refractivity contribution in [2.45, 2.75) is 6.92 Å². The van der Waals surface area contributed by atoms with Gasteiger partial charge in [-0.1, -0.05) is 11.6 Å². The number of carbonyl (C=O) groups is 1. The summed E-state index contributed by atoms with van der Waals surface area (Å²) in [4.78, 5) is 18.2. The number of aromatic nitrogens is 1. The molecule has 1 heterocycles. The summed E-state index contributed by atoms with van der Waals surface area (Å²) >= 11 is 7.22. The molecule has 2 aromatic carbocycles. The topological polar surface area (TPSA) is 66.8 Å². The van der Waals surface area contributed by atoms with Gasteiger partial charge >= 0.3 is 0 Å². The largest absolute Gasteiger partial charge is 0.497 e. The Morgan fingerprint density at radius 2 is 1.93 bits per heavy atom. The average molecular weight is 401 g/mol.